The van der Waals surface area contributed by atoms with E-state index in [0.717, 1.165) is 64.2 Å². The molecule has 0 aliphatic heterocycles. The van der Waals surface area contributed by atoms with Gasteiger partial charge in [-0.2, -0.15) is 4.39 Å². The Bertz CT molecular complexity index is 1390. The topological polar surface area (TPSA) is 46.5 Å². The number of rotatable bonds is 8. The molecule has 1 N–H and O–H groups in total. The fourth-order valence-electron chi connectivity index (χ4n) is 6.83. The van der Waals surface area contributed by atoms with Gasteiger partial charge < -0.3 is 9.84 Å². The van der Waals surface area contributed by atoms with Gasteiger partial charge in [0.2, 0.25) is 5.82 Å². The van der Waals surface area contributed by atoms with E-state index < -0.39 is 35.0 Å². The molecule has 2 aliphatic rings. The number of carbonyl (C=O) groups is 1. The molecule has 2 fully saturated rings. The van der Waals surface area contributed by atoms with Gasteiger partial charge in [0.25, 0.3) is 0 Å². The van der Waals surface area contributed by atoms with E-state index in [2.05, 4.69) is 0 Å². The molecule has 0 saturated heterocycles. The number of aromatic hydroxyl groups is 1. The van der Waals surface area contributed by atoms with Crippen molar-refractivity contribution in [3.8, 4) is 16.9 Å². The number of hydrogen-bond donors (Lipinski definition) is 1. The summed E-state index contributed by atoms with van der Waals surface area (Å²) in [6.07, 6.45) is 8.95. The Morgan fingerprint density at radius 2 is 1.40 bits per heavy atom. The van der Waals surface area contributed by atoms with E-state index in [1.54, 1.807) is 36.4 Å². The number of ether oxygens (including phenoxy) is 1. The molecule has 0 bridgehead atoms. The van der Waals surface area contributed by atoms with Gasteiger partial charge in [0.05, 0.1) is 5.56 Å². The van der Waals surface area contributed by atoms with Crippen molar-refractivity contribution >= 4 is 5.97 Å². The van der Waals surface area contributed by atoms with Gasteiger partial charge in [-0.15, -0.1) is 0 Å². The maximum atomic E-state index is 14.7. The van der Waals surface area contributed by atoms with E-state index in [-0.39, 0.29) is 17.6 Å². The molecule has 42 heavy (non-hydrogen) atoms. The molecule has 0 amide bonds. The van der Waals surface area contributed by atoms with Crippen molar-refractivity contribution in [2.75, 3.05) is 0 Å². The minimum Gasteiger partial charge on any atom is -0.505 e. The summed E-state index contributed by atoms with van der Waals surface area (Å²) >= 11 is 0. The highest BCUT2D eigenvalue weighted by molar-refractivity contribution is 5.90. The van der Waals surface area contributed by atoms with E-state index >= 15 is 0 Å². The molecule has 0 spiro atoms. The van der Waals surface area contributed by atoms with Crippen molar-refractivity contribution < 1.29 is 32.2 Å². The van der Waals surface area contributed by atoms with Crippen LogP contribution in [0.25, 0.3) is 11.1 Å². The maximum Gasteiger partial charge on any atom is 0.338 e. The first-order valence-corrected chi connectivity index (χ1v) is 15.2. The van der Waals surface area contributed by atoms with Crippen molar-refractivity contribution in [2.24, 2.45) is 11.8 Å². The van der Waals surface area contributed by atoms with E-state index in [9.17, 15) is 27.5 Å². The van der Waals surface area contributed by atoms with Crippen LogP contribution >= 0.6 is 0 Å². The lowest BCUT2D eigenvalue weighted by Crippen LogP contribution is -2.29. The number of benzene rings is 3. The summed E-state index contributed by atoms with van der Waals surface area (Å²) in [4.78, 5) is 12.8. The summed E-state index contributed by atoms with van der Waals surface area (Å²) in [5.41, 5.74) is 1.77. The van der Waals surface area contributed by atoms with Crippen LogP contribution in [0.4, 0.5) is 17.6 Å². The number of unbranched alkanes of at least 4 members (excludes halogenated alkanes) is 1. The van der Waals surface area contributed by atoms with Crippen molar-refractivity contribution in [3.05, 3.63) is 88.5 Å². The lowest BCUT2D eigenvalue weighted by atomic mass is 9.69. The highest BCUT2D eigenvalue weighted by Gasteiger charge is 2.33. The van der Waals surface area contributed by atoms with Crippen molar-refractivity contribution in [2.45, 2.75) is 89.6 Å². The zero-order chi connectivity index (χ0) is 29.8. The lowest BCUT2D eigenvalue weighted by Gasteiger charge is -2.37. The van der Waals surface area contributed by atoms with Gasteiger partial charge in [-0.05, 0) is 117 Å². The van der Waals surface area contributed by atoms with Crippen LogP contribution in [0.3, 0.4) is 0 Å². The summed E-state index contributed by atoms with van der Waals surface area (Å²) < 4.78 is 63.2. The van der Waals surface area contributed by atoms with Crippen LogP contribution in [0.5, 0.6) is 5.75 Å². The number of esters is 1. The Labute approximate surface area is 244 Å². The molecule has 5 rings (SSSR count). The summed E-state index contributed by atoms with van der Waals surface area (Å²) in [5.74, 6) is -3.87. The molecule has 0 heterocycles. The zero-order valence-electron chi connectivity index (χ0n) is 24.0. The van der Waals surface area contributed by atoms with Crippen LogP contribution in [-0.2, 0) is 11.2 Å². The Hall–Kier alpha value is -3.35. The SMILES string of the molecule is CCCCc1ccc(-c2ccc(C(=O)OC3CCC(C4CCC(c5ccc(O)c(F)c5F)CC4)CC3)cc2)c(F)c1F. The summed E-state index contributed by atoms with van der Waals surface area (Å²) in [6.45, 7) is 2.00. The highest BCUT2D eigenvalue weighted by atomic mass is 19.2. The van der Waals surface area contributed by atoms with Gasteiger partial charge in [0.1, 0.15) is 6.10 Å². The Balaban J connectivity index is 1.10. The second-order valence-electron chi connectivity index (χ2n) is 11.9. The summed E-state index contributed by atoms with van der Waals surface area (Å²) in [7, 11) is 0. The van der Waals surface area contributed by atoms with Crippen molar-refractivity contribution in [1.82, 2.24) is 0 Å². The Kier molecular flexibility index (Phi) is 9.54. The molecule has 3 nitrogen and oxygen atoms in total. The predicted octanol–water partition coefficient (Wildman–Crippen LogP) is 9.65. The van der Waals surface area contributed by atoms with Crippen LogP contribution in [-0.4, -0.2) is 17.2 Å². The molecule has 7 heteroatoms. The number of halogens is 4. The number of hydrogen-bond acceptors (Lipinski definition) is 3. The minimum atomic E-state index is -1.17. The number of phenolic OH excluding ortho intramolecular Hbond substituents is 1. The first-order valence-electron chi connectivity index (χ1n) is 15.2. The zero-order valence-corrected chi connectivity index (χ0v) is 24.0. The molecule has 0 atom stereocenters. The van der Waals surface area contributed by atoms with E-state index in [0.29, 0.717) is 40.5 Å². The highest BCUT2D eigenvalue weighted by Crippen LogP contribution is 2.44. The number of carbonyl (C=O) groups excluding carboxylic acids is 1. The molecule has 0 unspecified atom stereocenters. The maximum absolute atomic E-state index is 14.7. The Morgan fingerprint density at radius 3 is 2.05 bits per heavy atom. The van der Waals surface area contributed by atoms with E-state index in [4.69, 9.17) is 4.74 Å². The smallest absolute Gasteiger partial charge is 0.338 e. The molecule has 3 aromatic carbocycles. The molecule has 0 radical (unpaired) electrons. The van der Waals surface area contributed by atoms with Gasteiger partial charge in [-0.1, -0.05) is 43.7 Å². The largest absolute Gasteiger partial charge is 0.505 e. The van der Waals surface area contributed by atoms with Gasteiger partial charge >= 0.3 is 5.97 Å². The molecule has 3 aromatic rings. The monoisotopic (exact) mass is 582 g/mol. The van der Waals surface area contributed by atoms with Gasteiger partial charge in [0.15, 0.2) is 23.2 Å². The third-order valence-corrected chi connectivity index (χ3v) is 9.36. The quantitative estimate of drug-likeness (QED) is 0.212. The number of phenols is 1. The second kappa shape index (κ2) is 13.3. The van der Waals surface area contributed by atoms with Crippen molar-refractivity contribution in [1.29, 1.82) is 0 Å². The molecule has 0 aromatic heterocycles. The van der Waals surface area contributed by atoms with Gasteiger partial charge in [0, 0.05) is 5.56 Å². The van der Waals surface area contributed by atoms with Crippen LogP contribution in [0.1, 0.15) is 98.5 Å². The summed E-state index contributed by atoms with van der Waals surface area (Å²) in [6, 6.07) is 12.4. The molecular formula is C35H38F4O3. The Morgan fingerprint density at radius 1 is 0.762 bits per heavy atom. The first kappa shape index (κ1) is 30.1. The van der Waals surface area contributed by atoms with Crippen LogP contribution in [0, 0.1) is 35.1 Å². The molecular weight excluding hydrogens is 544 g/mol. The van der Waals surface area contributed by atoms with Crippen molar-refractivity contribution in [3.63, 3.8) is 0 Å². The van der Waals surface area contributed by atoms with E-state index in [1.165, 1.54) is 12.1 Å². The predicted molar refractivity (Wildman–Crippen MR) is 154 cm³/mol. The van der Waals surface area contributed by atoms with Crippen LogP contribution < -0.4 is 0 Å². The molecule has 2 aliphatic carbocycles. The average molecular weight is 583 g/mol. The van der Waals surface area contributed by atoms with Gasteiger partial charge in [-0.3, -0.25) is 0 Å². The standard InChI is InChI=1S/C35H38F4O3/c1-2-3-4-25-15-18-28(32(37)31(25)36)24-9-11-26(12-10-24)35(41)42-27-16-13-22(14-17-27)21-5-7-23(8-6-21)29-19-20-30(40)34(39)33(29)38/h9-12,15,18-23,27,40H,2-8,13-14,16-17H2,1H3. The van der Waals surface area contributed by atoms with Crippen LogP contribution in [0.2, 0.25) is 0 Å². The second-order valence-corrected chi connectivity index (χ2v) is 11.9. The summed E-state index contributed by atoms with van der Waals surface area (Å²) in [5, 5.41) is 9.40. The third kappa shape index (κ3) is 6.50. The normalized spacial score (nSPS) is 22.6. The fourth-order valence-corrected chi connectivity index (χ4v) is 6.83. The molecule has 224 valence electrons. The molecule has 2 saturated carbocycles. The van der Waals surface area contributed by atoms with E-state index in [1.807, 2.05) is 6.92 Å². The lowest BCUT2D eigenvalue weighted by molar-refractivity contribution is 0.0115. The number of aryl methyl sites for hydroxylation is 1. The fraction of sp³-hybridized carbons (Fsp3) is 0.457. The van der Waals surface area contributed by atoms with Gasteiger partial charge in [-0.25, -0.2) is 18.0 Å². The average Bonchev–Trinajstić information content (AvgIpc) is 3.01. The first-order chi connectivity index (χ1) is 20.3. The third-order valence-electron chi connectivity index (χ3n) is 9.36. The minimum absolute atomic E-state index is 0.0410. The van der Waals surface area contributed by atoms with Crippen LogP contribution in [0.15, 0.2) is 48.5 Å².